The highest BCUT2D eigenvalue weighted by Gasteiger charge is 2.29. The van der Waals surface area contributed by atoms with E-state index in [0.29, 0.717) is 41.2 Å². The van der Waals surface area contributed by atoms with Crippen LogP contribution in [0.4, 0.5) is 11.4 Å². The van der Waals surface area contributed by atoms with Crippen molar-refractivity contribution in [2.75, 3.05) is 22.8 Å². The van der Waals surface area contributed by atoms with Crippen molar-refractivity contribution in [2.45, 2.75) is 25.3 Å². The first-order valence-electron chi connectivity index (χ1n) is 9.48. The predicted molar refractivity (Wildman–Crippen MR) is 111 cm³/mol. The summed E-state index contributed by atoms with van der Waals surface area (Å²) in [5.74, 6) is 1.12. The third-order valence-electron chi connectivity index (χ3n) is 4.48. The molecule has 0 atom stereocenters. The van der Waals surface area contributed by atoms with Gasteiger partial charge in [-0.25, -0.2) is 8.42 Å². The monoisotopic (exact) mass is 444 g/mol. The summed E-state index contributed by atoms with van der Waals surface area (Å²) in [6, 6.07) is 11.0. The lowest BCUT2D eigenvalue weighted by molar-refractivity contribution is -0.121. The van der Waals surface area contributed by atoms with Gasteiger partial charge in [-0.3, -0.25) is 14.4 Å². The first-order chi connectivity index (χ1) is 14.9. The Hall–Kier alpha value is -3.60. The largest absolute Gasteiger partial charge is 0.492 e. The second-order valence-corrected chi connectivity index (χ2v) is 8.34. The van der Waals surface area contributed by atoms with Gasteiger partial charge in [-0.1, -0.05) is 17.3 Å². The first-order valence-corrected chi connectivity index (χ1v) is 11.0. The number of hydrogen-bond acceptors (Lipinski definition) is 8. The number of aromatic nitrogens is 2. The van der Waals surface area contributed by atoms with E-state index in [1.807, 2.05) is 6.92 Å². The molecule has 0 fully saturated rings. The molecule has 11 heteroatoms. The number of ether oxygens (including phenoxy) is 2. The van der Waals surface area contributed by atoms with E-state index in [-0.39, 0.29) is 24.0 Å². The normalized spacial score (nSPS) is 13.5. The number of benzene rings is 2. The summed E-state index contributed by atoms with van der Waals surface area (Å²) >= 11 is 0. The molecule has 0 saturated carbocycles. The number of para-hydroxylation sites is 2. The molecule has 0 radical (unpaired) electrons. The average Bonchev–Trinajstić information content (AvgIpc) is 3.16. The molecule has 10 nitrogen and oxygen atoms in total. The maximum absolute atomic E-state index is 13.0. The van der Waals surface area contributed by atoms with E-state index in [9.17, 15) is 13.2 Å². The molecule has 1 aliphatic heterocycles. The van der Waals surface area contributed by atoms with Crippen LogP contribution in [0.3, 0.4) is 0 Å². The fraction of sp³-hybridized carbons (Fsp3) is 0.250. The SMILES string of the molecule is CCOc1ccccc1NS(=O)(=O)c1ccc2c(c1)N(Cc1noc(C)n1)C(=O)CO2. The quantitative estimate of drug-likeness (QED) is 0.589. The minimum absolute atomic E-state index is 0.0244. The van der Waals surface area contributed by atoms with Crippen LogP contribution in [0.2, 0.25) is 0 Å². The number of sulfonamides is 1. The van der Waals surface area contributed by atoms with Crippen LogP contribution in [0.5, 0.6) is 11.5 Å². The molecule has 3 aromatic rings. The lowest BCUT2D eigenvalue weighted by Gasteiger charge is -2.28. The van der Waals surface area contributed by atoms with Crippen LogP contribution in [-0.4, -0.2) is 37.7 Å². The van der Waals surface area contributed by atoms with Gasteiger partial charge in [0.2, 0.25) is 5.89 Å². The van der Waals surface area contributed by atoms with Gasteiger partial charge in [0.05, 0.1) is 29.4 Å². The van der Waals surface area contributed by atoms with Crippen molar-refractivity contribution in [3.05, 3.63) is 54.2 Å². The molecule has 1 N–H and O–H groups in total. The Morgan fingerprint density at radius 2 is 2.03 bits per heavy atom. The summed E-state index contributed by atoms with van der Waals surface area (Å²) < 4.78 is 44.5. The fourth-order valence-electron chi connectivity index (χ4n) is 3.11. The number of amides is 1. The predicted octanol–water partition coefficient (Wildman–Crippen LogP) is 2.50. The highest BCUT2D eigenvalue weighted by molar-refractivity contribution is 7.92. The third kappa shape index (κ3) is 4.31. The molecule has 2 aromatic carbocycles. The van der Waals surface area contributed by atoms with Crippen LogP contribution < -0.4 is 19.1 Å². The van der Waals surface area contributed by atoms with Crippen LogP contribution in [0, 0.1) is 6.92 Å². The van der Waals surface area contributed by atoms with Crippen LogP contribution in [0.25, 0.3) is 0 Å². The summed E-state index contributed by atoms with van der Waals surface area (Å²) in [4.78, 5) is 17.9. The van der Waals surface area contributed by atoms with Gasteiger partial charge in [0, 0.05) is 6.92 Å². The number of rotatable bonds is 7. The topological polar surface area (TPSA) is 124 Å². The number of nitrogens with zero attached hydrogens (tertiary/aromatic N) is 3. The second kappa shape index (κ2) is 8.26. The maximum atomic E-state index is 13.0. The van der Waals surface area contributed by atoms with E-state index in [1.54, 1.807) is 31.2 Å². The highest BCUT2D eigenvalue weighted by atomic mass is 32.2. The molecule has 31 heavy (non-hydrogen) atoms. The molecular weight excluding hydrogens is 424 g/mol. The molecule has 2 heterocycles. The van der Waals surface area contributed by atoms with Crippen molar-refractivity contribution in [1.82, 2.24) is 10.1 Å². The molecule has 1 amide bonds. The molecule has 0 unspecified atom stereocenters. The van der Waals surface area contributed by atoms with Crippen molar-refractivity contribution in [3.8, 4) is 11.5 Å². The summed E-state index contributed by atoms with van der Waals surface area (Å²) in [7, 11) is -3.97. The lowest BCUT2D eigenvalue weighted by atomic mass is 10.2. The van der Waals surface area contributed by atoms with Crippen molar-refractivity contribution in [1.29, 1.82) is 0 Å². The summed E-state index contributed by atoms with van der Waals surface area (Å²) in [5, 5.41) is 3.81. The first kappa shape index (κ1) is 20.7. The van der Waals surface area contributed by atoms with Crippen molar-refractivity contribution < 1.29 is 27.2 Å². The molecule has 0 bridgehead atoms. The van der Waals surface area contributed by atoms with Gasteiger partial charge < -0.3 is 14.0 Å². The van der Waals surface area contributed by atoms with E-state index in [1.165, 1.54) is 23.1 Å². The molecule has 1 aromatic heterocycles. The van der Waals surface area contributed by atoms with Gasteiger partial charge in [-0.05, 0) is 37.3 Å². The molecule has 162 valence electrons. The molecule has 0 aliphatic carbocycles. The summed E-state index contributed by atoms with van der Waals surface area (Å²) in [6.45, 7) is 3.70. The van der Waals surface area contributed by atoms with Gasteiger partial charge >= 0.3 is 0 Å². The number of hydrogen-bond donors (Lipinski definition) is 1. The molecule has 1 aliphatic rings. The number of carbonyl (C=O) groups excluding carboxylic acids is 1. The zero-order valence-electron chi connectivity index (χ0n) is 16.9. The standard InChI is InChI=1S/C20H20N4O6S/c1-3-28-17-7-5-4-6-15(17)23-31(26,27)14-8-9-18-16(10-14)24(20(25)12-29-18)11-19-21-13(2)30-22-19/h4-10,23H,3,11-12H2,1-2H3. The zero-order chi connectivity index (χ0) is 22.0. The number of aryl methyl sites for hydroxylation is 1. The van der Waals surface area contributed by atoms with Gasteiger partial charge in [0.1, 0.15) is 11.5 Å². The van der Waals surface area contributed by atoms with E-state index >= 15 is 0 Å². The van der Waals surface area contributed by atoms with Crippen LogP contribution >= 0.6 is 0 Å². The Balaban J connectivity index is 1.67. The van der Waals surface area contributed by atoms with E-state index in [2.05, 4.69) is 14.9 Å². The van der Waals surface area contributed by atoms with E-state index in [0.717, 1.165) is 0 Å². The van der Waals surface area contributed by atoms with Gasteiger partial charge in [0.15, 0.2) is 12.4 Å². The van der Waals surface area contributed by atoms with Crippen LogP contribution in [-0.2, 0) is 21.4 Å². The Kier molecular flexibility index (Phi) is 5.51. The molecular formula is C20H20N4O6S. The zero-order valence-corrected chi connectivity index (χ0v) is 17.7. The van der Waals surface area contributed by atoms with E-state index < -0.39 is 10.0 Å². The molecule has 0 spiro atoms. The lowest BCUT2D eigenvalue weighted by Crippen LogP contribution is -2.38. The number of anilines is 2. The fourth-order valence-corrected chi connectivity index (χ4v) is 4.20. The maximum Gasteiger partial charge on any atom is 0.265 e. The third-order valence-corrected chi connectivity index (χ3v) is 5.85. The van der Waals surface area contributed by atoms with Crippen molar-refractivity contribution >= 4 is 27.3 Å². The number of nitrogens with one attached hydrogen (secondary N) is 1. The smallest absolute Gasteiger partial charge is 0.265 e. The highest BCUT2D eigenvalue weighted by Crippen LogP contribution is 2.36. The Bertz CT molecular complexity index is 1220. The van der Waals surface area contributed by atoms with E-state index in [4.69, 9.17) is 14.0 Å². The summed E-state index contributed by atoms with van der Waals surface area (Å²) in [5.41, 5.74) is 0.619. The average molecular weight is 444 g/mol. The Morgan fingerprint density at radius 1 is 1.23 bits per heavy atom. The van der Waals surface area contributed by atoms with Crippen molar-refractivity contribution in [3.63, 3.8) is 0 Å². The Morgan fingerprint density at radius 3 is 2.77 bits per heavy atom. The second-order valence-electron chi connectivity index (χ2n) is 6.66. The van der Waals surface area contributed by atoms with Crippen LogP contribution in [0.15, 0.2) is 51.9 Å². The molecule has 0 saturated heterocycles. The Labute approximate surface area is 178 Å². The van der Waals surface area contributed by atoms with Gasteiger partial charge in [-0.2, -0.15) is 4.98 Å². The van der Waals surface area contributed by atoms with Gasteiger partial charge in [-0.15, -0.1) is 0 Å². The molecule has 4 rings (SSSR count). The number of fused-ring (bicyclic) bond motifs is 1. The van der Waals surface area contributed by atoms with Gasteiger partial charge in [0.25, 0.3) is 15.9 Å². The van der Waals surface area contributed by atoms with Crippen molar-refractivity contribution in [2.24, 2.45) is 0 Å². The minimum Gasteiger partial charge on any atom is -0.492 e. The minimum atomic E-state index is -3.97. The summed E-state index contributed by atoms with van der Waals surface area (Å²) in [6.07, 6.45) is 0. The van der Waals surface area contributed by atoms with Crippen LogP contribution in [0.1, 0.15) is 18.6 Å². The number of carbonyl (C=O) groups is 1.